The molecule has 3 rings (SSSR count). The number of ether oxygens (including phenoxy) is 1. The van der Waals surface area contributed by atoms with Gasteiger partial charge in [-0.3, -0.25) is 9.10 Å². The first kappa shape index (κ1) is 23.5. The molecule has 0 saturated heterocycles. The van der Waals surface area contributed by atoms with Crippen molar-refractivity contribution >= 4 is 27.8 Å². The van der Waals surface area contributed by atoms with E-state index in [2.05, 4.69) is 10.5 Å². The van der Waals surface area contributed by atoms with Gasteiger partial charge in [0.1, 0.15) is 18.4 Å². The number of nitrogens with one attached hydrogen (secondary N) is 1. The highest BCUT2D eigenvalue weighted by Crippen LogP contribution is 2.23. The topological polar surface area (TPSA) is 112 Å². The van der Waals surface area contributed by atoms with E-state index < -0.39 is 22.5 Å². The number of hydrogen-bond donors (Lipinski definition) is 1. The highest BCUT2D eigenvalue weighted by atomic mass is 32.2. The summed E-state index contributed by atoms with van der Waals surface area (Å²) >= 11 is 0. The molecule has 0 bridgehead atoms. The highest BCUT2D eigenvalue weighted by molar-refractivity contribution is 7.92. The zero-order valence-electron chi connectivity index (χ0n) is 17.9. The van der Waals surface area contributed by atoms with Crippen molar-refractivity contribution in [1.29, 1.82) is 5.26 Å². The Hall–Kier alpha value is -4.16. The minimum absolute atomic E-state index is 0.0487. The molecule has 0 aliphatic heterocycles. The largest absolute Gasteiger partial charge is 0.479 e. The molecule has 0 saturated carbocycles. The fraction of sp³-hybridized carbons (Fsp3) is 0.125. The molecule has 9 heteroatoms. The average molecular weight is 463 g/mol. The molecule has 0 fully saturated rings. The van der Waals surface area contributed by atoms with Crippen LogP contribution in [0, 0.1) is 18.3 Å². The lowest BCUT2D eigenvalue weighted by atomic mass is 10.2. The minimum Gasteiger partial charge on any atom is -0.479 e. The first-order valence-electron chi connectivity index (χ1n) is 9.96. The number of carbonyl (C=O) groups excluding carboxylic acids is 1. The standard InChI is InChI=1S/C24H22N4O4S/c1-19-7-13-23(14-8-19)33(30,31)28(21-5-3-2-4-6-21)18-24(29)27-26-17-20-9-11-22(12-10-20)32-16-15-25/h2-14,17H,16,18H2,1H3,(H,27,29)/b26-17-. The van der Waals surface area contributed by atoms with Crippen LogP contribution in [-0.2, 0) is 14.8 Å². The summed E-state index contributed by atoms with van der Waals surface area (Å²) in [6, 6.07) is 23.5. The molecule has 0 unspecified atom stereocenters. The molecule has 0 aromatic heterocycles. The number of nitriles is 1. The normalized spacial score (nSPS) is 11.0. The van der Waals surface area contributed by atoms with Gasteiger partial charge in [0, 0.05) is 0 Å². The maximum Gasteiger partial charge on any atom is 0.264 e. The zero-order chi connectivity index (χ0) is 23.7. The van der Waals surface area contributed by atoms with Crippen molar-refractivity contribution in [3.05, 3.63) is 90.0 Å². The highest BCUT2D eigenvalue weighted by Gasteiger charge is 2.27. The summed E-state index contributed by atoms with van der Waals surface area (Å²) in [6.07, 6.45) is 1.42. The third-order valence-corrected chi connectivity index (χ3v) is 6.31. The Morgan fingerprint density at radius 2 is 1.73 bits per heavy atom. The van der Waals surface area contributed by atoms with Crippen molar-refractivity contribution in [2.75, 3.05) is 17.5 Å². The van der Waals surface area contributed by atoms with Gasteiger partial charge < -0.3 is 4.74 Å². The molecule has 0 aliphatic carbocycles. The van der Waals surface area contributed by atoms with Crippen LogP contribution in [0.5, 0.6) is 5.75 Å². The van der Waals surface area contributed by atoms with Gasteiger partial charge >= 0.3 is 0 Å². The number of amides is 1. The van der Waals surface area contributed by atoms with Crippen LogP contribution < -0.4 is 14.5 Å². The molecule has 0 radical (unpaired) electrons. The van der Waals surface area contributed by atoms with Crippen molar-refractivity contribution in [2.45, 2.75) is 11.8 Å². The number of para-hydroxylation sites is 1. The van der Waals surface area contributed by atoms with E-state index in [1.54, 1.807) is 66.7 Å². The van der Waals surface area contributed by atoms with Gasteiger partial charge in [-0.15, -0.1) is 0 Å². The molecule has 0 aliphatic rings. The van der Waals surface area contributed by atoms with Crippen molar-refractivity contribution < 1.29 is 17.9 Å². The Labute approximate surface area is 192 Å². The van der Waals surface area contributed by atoms with Crippen LogP contribution >= 0.6 is 0 Å². The van der Waals surface area contributed by atoms with Gasteiger partial charge in [-0.25, -0.2) is 13.8 Å². The second-order valence-electron chi connectivity index (χ2n) is 6.97. The monoisotopic (exact) mass is 462 g/mol. The van der Waals surface area contributed by atoms with E-state index in [9.17, 15) is 13.2 Å². The van der Waals surface area contributed by atoms with Crippen molar-refractivity contribution in [3.63, 3.8) is 0 Å². The molecule has 168 valence electrons. The number of anilines is 1. The fourth-order valence-electron chi connectivity index (χ4n) is 2.86. The molecule has 8 nitrogen and oxygen atoms in total. The van der Waals surface area contributed by atoms with Gasteiger partial charge in [0.05, 0.1) is 16.8 Å². The summed E-state index contributed by atoms with van der Waals surface area (Å²) < 4.78 is 32.7. The molecule has 0 atom stereocenters. The number of benzene rings is 3. The van der Waals surface area contributed by atoms with Crippen LogP contribution in [0.2, 0.25) is 0 Å². The van der Waals surface area contributed by atoms with E-state index >= 15 is 0 Å². The number of hydrogen-bond acceptors (Lipinski definition) is 6. The quantitative estimate of drug-likeness (QED) is 0.388. The lowest BCUT2D eigenvalue weighted by molar-refractivity contribution is -0.119. The Kier molecular flexibility index (Phi) is 7.78. The molecule has 3 aromatic rings. The third-order valence-electron chi connectivity index (χ3n) is 4.53. The van der Waals surface area contributed by atoms with Gasteiger partial charge in [-0.1, -0.05) is 35.9 Å². The van der Waals surface area contributed by atoms with Crippen LogP contribution in [0.25, 0.3) is 0 Å². The maximum atomic E-state index is 13.3. The average Bonchev–Trinajstić information content (AvgIpc) is 2.83. The van der Waals surface area contributed by atoms with E-state index in [1.165, 1.54) is 18.3 Å². The Balaban J connectivity index is 1.72. The number of aryl methyl sites for hydroxylation is 1. The number of nitrogens with zero attached hydrogens (tertiary/aromatic N) is 3. The summed E-state index contributed by atoms with van der Waals surface area (Å²) in [5, 5.41) is 12.4. The second-order valence-corrected chi connectivity index (χ2v) is 8.83. The van der Waals surface area contributed by atoms with Crippen LogP contribution in [0.3, 0.4) is 0 Å². The Bertz CT molecular complexity index is 1250. The molecule has 0 heterocycles. The smallest absolute Gasteiger partial charge is 0.264 e. The van der Waals surface area contributed by atoms with E-state index in [-0.39, 0.29) is 11.5 Å². The SMILES string of the molecule is Cc1ccc(S(=O)(=O)N(CC(=O)N/N=C\c2ccc(OCC#N)cc2)c2ccccc2)cc1. The van der Waals surface area contributed by atoms with Crippen molar-refractivity contribution in [2.24, 2.45) is 5.10 Å². The molecule has 0 spiro atoms. The summed E-state index contributed by atoms with van der Waals surface area (Å²) in [7, 11) is -3.97. The van der Waals surface area contributed by atoms with Crippen LogP contribution in [0.4, 0.5) is 5.69 Å². The van der Waals surface area contributed by atoms with E-state index in [0.29, 0.717) is 17.0 Å². The predicted octanol–water partition coefficient (Wildman–Crippen LogP) is 3.24. The first-order chi connectivity index (χ1) is 15.9. The lowest BCUT2D eigenvalue weighted by Gasteiger charge is -2.23. The Morgan fingerprint density at radius 1 is 1.06 bits per heavy atom. The molecular weight excluding hydrogens is 440 g/mol. The number of sulfonamides is 1. The Morgan fingerprint density at radius 3 is 2.36 bits per heavy atom. The summed E-state index contributed by atoms with van der Waals surface area (Å²) in [6.45, 7) is 1.37. The number of hydrazone groups is 1. The molecule has 1 amide bonds. The predicted molar refractivity (Wildman–Crippen MR) is 125 cm³/mol. The van der Waals surface area contributed by atoms with Gasteiger partial charge in [0.2, 0.25) is 0 Å². The van der Waals surface area contributed by atoms with Crippen molar-refractivity contribution in [1.82, 2.24) is 5.43 Å². The summed E-state index contributed by atoms with van der Waals surface area (Å²) in [5.74, 6) is -0.0580. The van der Waals surface area contributed by atoms with Gasteiger partial charge in [-0.05, 0) is 61.0 Å². The van der Waals surface area contributed by atoms with Crippen LogP contribution in [0.1, 0.15) is 11.1 Å². The third kappa shape index (κ3) is 6.41. The van der Waals surface area contributed by atoms with Crippen LogP contribution in [0.15, 0.2) is 88.9 Å². The number of rotatable bonds is 9. The van der Waals surface area contributed by atoms with Gasteiger partial charge in [-0.2, -0.15) is 10.4 Å². The number of carbonyl (C=O) groups is 1. The molecular formula is C24H22N4O4S. The van der Waals surface area contributed by atoms with E-state index in [1.807, 2.05) is 13.0 Å². The van der Waals surface area contributed by atoms with E-state index in [0.717, 1.165) is 9.87 Å². The summed E-state index contributed by atoms with van der Waals surface area (Å²) in [4.78, 5) is 12.6. The van der Waals surface area contributed by atoms with E-state index in [4.69, 9.17) is 10.00 Å². The molecule has 3 aromatic carbocycles. The fourth-order valence-corrected chi connectivity index (χ4v) is 4.28. The van der Waals surface area contributed by atoms with Gasteiger partial charge in [0.15, 0.2) is 6.61 Å². The summed E-state index contributed by atoms with van der Waals surface area (Å²) in [5.41, 5.74) is 4.34. The van der Waals surface area contributed by atoms with Gasteiger partial charge in [0.25, 0.3) is 15.9 Å². The first-order valence-corrected chi connectivity index (χ1v) is 11.4. The maximum absolute atomic E-state index is 13.3. The lowest BCUT2D eigenvalue weighted by Crippen LogP contribution is -2.39. The van der Waals surface area contributed by atoms with Crippen LogP contribution in [-0.4, -0.2) is 33.7 Å². The minimum atomic E-state index is -3.97. The van der Waals surface area contributed by atoms with Crippen molar-refractivity contribution in [3.8, 4) is 11.8 Å². The molecule has 1 N–H and O–H groups in total. The second kappa shape index (κ2) is 10.9. The molecule has 33 heavy (non-hydrogen) atoms. The zero-order valence-corrected chi connectivity index (χ0v) is 18.7.